The van der Waals surface area contributed by atoms with Crippen molar-refractivity contribution < 1.29 is 19.1 Å². The molecule has 0 radical (unpaired) electrons. The standard InChI is InChI=1S/C13H21NO4S/c1-12(2,3)18-11(16)14-7-13(8-14)9(5-6-19-13)10(15)17-4/h9H,5-8H2,1-4H3/t9-/m1/s1. The fraction of sp³-hybridized carbons (Fsp3) is 0.846. The van der Waals surface area contributed by atoms with Gasteiger partial charge in [-0.1, -0.05) is 0 Å². The van der Waals surface area contributed by atoms with Gasteiger partial charge in [-0.3, -0.25) is 4.79 Å². The molecule has 6 heteroatoms. The predicted octanol–water partition coefficient (Wildman–Crippen LogP) is 1.90. The van der Waals surface area contributed by atoms with Crippen molar-refractivity contribution in [2.75, 3.05) is 26.0 Å². The Labute approximate surface area is 118 Å². The highest BCUT2D eigenvalue weighted by Gasteiger charge is 2.57. The van der Waals surface area contributed by atoms with Crippen LogP contribution in [0.25, 0.3) is 0 Å². The van der Waals surface area contributed by atoms with Crippen LogP contribution in [-0.2, 0) is 14.3 Å². The van der Waals surface area contributed by atoms with Gasteiger partial charge in [-0.05, 0) is 32.9 Å². The molecule has 0 aromatic carbocycles. The van der Waals surface area contributed by atoms with E-state index in [0.29, 0.717) is 13.1 Å². The smallest absolute Gasteiger partial charge is 0.410 e. The number of amides is 1. The molecule has 19 heavy (non-hydrogen) atoms. The molecule has 0 aromatic rings. The highest BCUT2D eigenvalue weighted by Crippen LogP contribution is 2.49. The number of hydrogen-bond acceptors (Lipinski definition) is 5. The van der Waals surface area contributed by atoms with Crippen molar-refractivity contribution in [1.82, 2.24) is 4.90 Å². The average Bonchev–Trinajstić information content (AvgIpc) is 2.67. The highest BCUT2D eigenvalue weighted by atomic mass is 32.2. The molecule has 2 heterocycles. The van der Waals surface area contributed by atoms with E-state index >= 15 is 0 Å². The Hall–Kier alpha value is -0.910. The van der Waals surface area contributed by atoms with Crippen molar-refractivity contribution in [3.05, 3.63) is 0 Å². The molecule has 2 rings (SSSR count). The Kier molecular flexibility index (Phi) is 3.73. The van der Waals surface area contributed by atoms with E-state index in [2.05, 4.69) is 0 Å². The van der Waals surface area contributed by atoms with Crippen LogP contribution in [0.2, 0.25) is 0 Å². The molecule has 0 aliphatic carbocycles. The molecule has 1 atom stereocenters. The van der Waals surface area contributed by atoms with Crippen molar-refractivity contribution in [2.24, 2.45) is 5.92 Å². The van der Waals surface area contributed by atoms with Gasteiger partial charge in [-0.15, -0.1) is 0 Å². The van der Waals surface area contributed by atoms with E-state index in [1.54, 1.807) is 16.7 Å². The lowest BCUT2D eigenvalue weighted by atomic mass is 9.83. The molecule has 0 unspecified atom stereocenters. The van der Waals surface area contributed by atoms with Gasteiger partial charge >= 0.3 is 12.1 Å². The maximum absolute atomic E-state index is 11.9. The van der Waals surface area contributed by atoms with Gasteiger partial charge in [0.25, 0.3) is 0 Å². The lowest BCUT2D eigenvalue weighted by Gasteiger charge is -2.49. The van der Waals surface area contributed by atoms with E-state index in [0.717, 1.165) is 12.2 Å². The first-order valence-electron chi connectivity index (χ1n) is 6.47. The van der Waals surface area contributed by atoms with Gasteiger partial charge in [0.15, 0.2) is 0 Å². The lowest BCUT2D eigenvalue weighted by molar-refractivity contribution is -0.148. The summed E-state index contributed by atoms with van der Waals surface area (Å²) < 4.78 is 10.0. The number of nitrogens with zero attached hydrogens (tertiary/aromatic N) is 1. The Morgan fingerprint density at radius 3 is 2.47 bits per heavy atom. The number of methoxy groups -OCH3 is 1. The maximum Gasteiger partial charge on any atom is 0.410 e. The number of likely N-dealkylation sites (tertiary alicyclic amines) is 1. The predicted molar refractivity (Wildman–Crippen MR) is 73.1 cm³/mol. The average molecular weight is 287 g/mol. The SMILES string of the molecule is COC(=O)[C@H]1CCSC12CN(C(=O)OC(C)(C)C)C2. The van der Waals surface area contributed by atoms with E-state index in [1.165, 1.54) is 7.11 Å². The fourth-order valence-corrected chi connectivity index (χ4v) is 4.26. The third-order valence-corrected chi connectivity index (χ3v) is 5.04. The number of carbonyl (C=O) groups excluding carboxylic acids is 2. The molecule has 2 aliphatic heterocycles. The van der Waals surface area contributed by atoms with E-state index in [4.69, 9.17) is 9.47 Å². The van der Waals surface area contributed by atoms with Crippen LogP contribution in [0.1, 0.15) is 27.2 Å². The molecule has 108 valence electrons. The van der Waals surface area contributed by atoms with Crippen molar-refractivity contribution in [3.8, 4) is 0 Å². The molecule has 0 saturated carbocycles. The summed E-state index contributed by atoms with van der Waals surface area (Å²) in [7, 11) is 1.42. The van der Waals surface area contributed by atoms with Gasteiger partial charge in [0.05, 0.1) is 17.8 Å². The summed E-state index contributed by atoms with van der Waals surface area (Å²) in [5.41, 5.74) is -0.482. The number of rotatable bonds is 1. The third-order valence-electron chi connectivity index (χ3n) is 3.49. The second kappa shape index (κ2) is 4.89. The molecular formula is C13H21NO4S. The molecule has 2 fully saturated rings. The number of ether oxygens (including phenoxy) is 2. The quantitative estimate of drug-likeness (QED) is 0.689. The monoisotopic (exact) mass is 287 g/mol. The molecule has 1 spiro atoms. The summed E-state index contributed by atoms with van der Waals surface area (Å²) in [5.74, 6) is 0.692. The number of carbonyl (C=O) groups is 2. The highest BCUT2D eigenvalue weighted by molar-refractivity contribution is 8.01. The second-order valence-corrected chi connectivity index (χ2v) is 7.62. The van der Waals surface area contributed by atoms with Crippen LogP contribution in [0, 0.1) is 5.92 Å². The molecule has 1 amide bonds. The third kappa shape index (κ3) is 2.83. The molecule has 5 nitrogen and oxygen atoms in total. The summed E-state index contributed by atoms with van der Waals surface area (Å²) in [4.78, 5) is 25.3. The first-order chi connectivity index (χ1) is 8.77. The van der Waals surface area contributed by atoms with Gasteiger partial charge in [0, 0.05) is 13.1 Å². The van der Waals surface area contributed by atoms with Crippen molar-refractivity contribution >= 4 is 23.8 Å². The zero-order valence-electron chi connectivity index (χ0n) is 11.9. The van der Waals surface area contributed by atoms with Gasteiger partial charge in [-0.25, -0.2) is 4.79 Å². The van der Waals surface area contributed by atoms with Gasteiger partial charge in [0.2, 0.25) is 0 Å². The summed E-state index contributed by atoms with van der Waals surface area (Å²) in [6.45, 7) is 6.70. The Balaban J connectivity index is 1.94. The summed E-state index contributed by atoms with van der Waals surface area (Å²) in [5, 5.41) is 0. The van der Waals surface area contributed by atoms with Crippen LogP contribution < -0.4 is 0 Å². The molecule has 2 saturated heterocycles. The maximum atomic E-state index is 11.9. The molecule has 0 N–H and O–H groups in total. The minimum absolute atomic E-state index is 0.0961. The topological polar surface area (TPSA) is 55.8 Å². The van der Waals surface area contributed by atoms with Crippen LogP contribution in [0.4, 0.5) is 4.79 Å². The van der Waals surface area contributed by atoms with Crippen molar-refractivity contribution in [2.45, 2.75) is 37.5 Å². The Morgan fingerprint density at radius 2 is 1.95 bits per heavy atom. The normalized spacial score (nSPS) is 25.1. The summed E-state index contributed by atoms with van der Waals surface area (Å²) in [6, 6.07) is 0. The Morgan fingerprint density at radius 1 is 1.32 bits per heavy atom. The van der Waals surface area contributed by atoms with Crippen LogP contribution in [0.15, 0.2) is 0 Å². The fourth-order valence-electron chi connectivity index (χ4n) is 2.59. The van der Waals surface area contributed by atoms with E-state index < -0.39 is 5.60 Å². The Bertz CT molecular complexity index is 385. The van der Waals surface area contributed by atoms with Crippen LogP contribution in [0.3, 0.4) is 0 Å². The summed E-state index contributed by atoms with van der Waals surface area (Å²) in [6.07, 6.45) is 0.536. The molecule has 2 aliphatic rings. The van der Waals surface area contributed by atoms with Crippen molar-refractivity contribution in [1.29, 1.82) is 0 Å². The van der Waals surface area contributed by atoms with E-state index in [9.17, 15) is 9.59 Å². The lowest BCUT2D eigenvalue weighted by Crippen LogP contribution is -2.65. The minimum Gasteiger partial charge on any atom is -0.469 e. The van der Waals surface area contributed by atoms with Crippen molar-refractivity contribution in [3.63, 3.8) is 0 Å². The van der Waals surface area contributed by atoms with Crippen LogP contribution >= 0.6 is 11.8 Å². The minimum atomic E-state index is -0.482. The van der Waals surface area contributed by atoms with E-state index in [1.807, 2.05) is 20.8 Å². The van der Waals surface area contributed by atoms with Gasteiger partial charge in [-0.2, -0.15) is 11.8 Å². The largest absolute Gasteiger partial charge is 0.469 e. The first-order valence-corrected chi connectivity index (χ1v) is 7.46. The van der Waals surface area contributed by atoms with Crippen LogP contribution in [0.5, 0.6) is 0 Å². The van der Waals surface area contributed by atoms with Gasteiger partial charge < -0.3 is 14.4 Å². The molecule has 0 bridgehead atoms. The van der Waals surface area contributed by atoms with Gasteiger partial charge in [0.1, 0.15) is 5.60 Å². The zero-order valence-corrected chi connectivity index (χ0v) is 12.7. The van der Waals surface area contributed by atoms with E-state index in [-0.39, 0.29) is 22.7 Å². The number of hydrogen-bond donors (Lipinski definition) is 0. The second-order valence-electron chi connectivity index (χ2n) is 6.11. The summed E-state index contributed by atoms with van der Waals surface area (Å²) >= 11 is 1.77. The van der Waals surface area contributed by atoms with Crippen LogP contribution in [-0.4, -0.2) is 53.3 Å². The number of thioether (sulfide) groups is 1. The molecule has 0 aromatic heterocycles. The number of esters is 1. The first kappa shape index (κ1) is 14.5. The molecular weight excluding hydrogens is 266 g/mol. The zero-order chi connectivity index (χ0) is 14.3.